The number of rotatable bonds is 4. The molecule has 1 atom stereocenters. The van der Waals surface area contributed by atoms with Crippen LogP contribution in [0, 0.1) is 5.92 Å². The second-order valence-corrected chi connectivity index (χ2v) is 4.26. The van der Waals surface area contributed by atoms with Crippen molar-refractivity contribution in [1.29, 1.82) is 0 Å². The Labute approximate surface area is 116 Å². The molecule has 20 heavy (non-hydrogen) atoms. The number of aromatic hydroxyl groups is 1. The highest BCUT2D eigenvalue weighted by atomic mass is 16.5. The Bertz CT molecular complexity index is 623. The first-order valence-corrected chi connectivity index (χ1v) is 6.09. The average Bonchev–Trinajstić information content (AvgIpc) is 2.45. The summed E-state index contributed by atoms with van der Waals surface area (Å²) in [6.45, 7) is 0. The van der Waals surface area contributed by atoms with E-state index in [4.69, 9.17) is 4.74 Å². The summed E-state index contributed by atoms with van der Waals surface area (Å²) in [4.78, 5) is 23.9. The fraction of sp³-hybridized carbons (Fsp3) is 0.125. The molecule has 0 bridgehead atoms. The first-order chi connectivity index (χ1) is 9.63. The molecule has 1 aliphatic rings. The molecule has 0 aromatic heterocycles. The standard InChI is InChI=1S/C16H14O4/c1-20-15-8-4-7-13(18)16(15)14(19)10-9-11-5-2-3-6-12(11)17/h2-10,16-17H,1H3/b10-9+. The smallest absolute Gasteiger partial charge is 0.174 e. The van der Waals surface area contributed by atoms with Crippen LogP contribution in [0.3, 0.4) is 0 Å². The maximum atomic E-state index is 12.1. The largest absolute Gasteiger partial charge is 0.507 e. The predicted molar refractivity (Wildman–Crippen MR) is 74.9 cm³/mol. The van der Waals surface area contributed by atoms with Crippen molar-refractivity contribution in [2.75, 3.05) is 7.11 Å². The van der Waals surface area contributed by atoms with Crippen molar-refractivity contribution in [2.24, 2.45) is 5.92 Å². The maximum Gasteiger partial charge on any atom is 0.174 e. The topological polar surface area (TPSA) is 63.6 Å². The van der Waals surface area contributed by atoms with Gasteiger partial charge >= 0.3 is 0 Å². The van der Waals surface area contributed by atoms with Gasteiger partial charge in [-0.25, -0.2) is 0 Å². The van der Waals surface area contributed by atoms with Gasteiger partial charge in [0.2, 0.25) is 0 Å². The van der Waals surface area contributed by atoms with Crippen LogP contribution in [0.5, 0.6) is 5.75 Å². The molecule has 1 N–H and O–H groups in total. The van der Waals surface area contributed by atoms with Crippen LogP contribution in [-0.4, -0.2) is 23.8 Å². The zero-order valence-electron chi connectivity index (χ0n) is 10.9. The van der Waals surface area contributed by atoms with Crippen LogP contribution in [0.15, 0.2) is 54.3 Å². The molecule has 0 radical (unpaired) electrons. The lowest BCUT2D eigenvalue weighted by molar-refractivity contribution is -0.127. The molecule has 102 valence electrons. The number of methoxy groups -OCH3 is 1. The normalized spacial score (nSPS) is 18.1. The first-order valence-electron chi connectivity index (χ1n) is 6.09. The summed E-state index contributed by atoms with van der Waals surface area (Å²) in [6.07, 6.45) is 7.26. The Kier molecular flexibility index (Phi) is 4.15. The van der Waals surface area contributed by atoms with E-state index in [0.29, 0.717) is 11.3 Å². The van der Waals surface area contributed by atoms with Gasteiger partial charge in [0.15, 0.2) is 11.6 Å². The van der Waals surface area contributed by atoms with E-state index in [-0.39, 0.29) is 17.3 Å². The molecule has 0 aliphatic heterocycles. The third-order valence-electron chi connectivity index (χ3n) is 2.97. The molecule has 0 fully saturated rings. The van der Waals surface area contributed by atoms with Gasteiger partial charge < -0.3 is 9.84 Å². The number of hydrogen-bond donors (Lipinski definition) is 1. The third kappa shape index (κ3) is 2.85. The van der Waals surface area contributed by atoms with Crippen LogP contribution >= 0.6 is 0 Å². The zero-order valence-corrected chi connectivity index (χ0v) is 10.9. The number of phenolic OH excluding ortho intramolecular Hbond substituents is 1. The van der Waals surface area contributed by atoms with Gasteiger partial charge in [-0.05, 0) is 30.4 Å². The molecule has 2 rings (SSSR count). The molecule has 0 saturated heterocycles. The minimum atomic E-state index is -0.938. The Morgan fingerprint density at radius 1 is 1.35 bits per heavy atom. The number of carbonyl (C=O) groups excluding carboxylic acids is 2. The van der Waals surface area contributed by atoms with E-state index < -0.39 is 5.92 Å². The monoisotopic (exact) mass is 270 g/mol. The van der Waals surface area contributed by atoms with E-state index >= 15 is 0 Å². The van der Waals surface area contributed by atoms with Crippen molar-refractivity contribution in [3.63, 3.8) is 0 Å². The lowest BCUT2D eigenvalue weighted by atomic mass is 9.92. The minimum absolute atomic E-state index is 0.0777. The van der Waals surface area contributed by atoms with Crippen molar-refractivity contribution >= 4 is 17.6 Å². The van der Waals surface area contributed by atoms with Crippen molar-refractivity contribution in [1.82, 2.24) is 0 Å². The fourth-order valence-electron chi connectivity index (χ4n) is 1.93. The van der Waals surface area contributed by atoms with Gasteiger partial charge in [-0.2, -0.15) is 0 Å². The summed E-state index contributed by atoms with van der Waals surface area (Å²) in [5.41, 5.74) is 0.516. The van der Waals surface area contributed by atoms with Crippen LogP contribution in [0.2, 0.25) is 0 Å². The second kappa shape index (κ2) is 6.02. The van der Waals surface area contributed by atoms with Gasteiger partial charge in [0.25, 0.3) is 0 Å². The molecule has 4 heteroatoms. The summed E-state index contributed by atoms with van der Waals surface area (Å²) in [5.74, 6) is -1.22. The molecular formula is C16H14O4. The third-order valence-corrected chi connectivity index (χ3v) is 2.97. The van der Waals surface area contributed by atoms with E-state index in [1.807, 2.05) is 0 Å². The molecule has 0 spiro atoms. The molecule has 0 saturated carbocycles. The molecule has 1 aliphatic carbocycles. The van der Waals surface area contributed by atoms with Crippen LogP contribution in [0.4, 0.5) is 0 Å². The van der Waals surface area contributed by atoms with Gasteiger partial charge in [-0.1, -0.05) is 24.3 Å². The van der Waals surface area contributed by atoms with Crippen molar-refractivity contribution in [3.8, 4) is 5.75 Å². The predicted octanol–water partition coefficient (Wildman–Crippen LogP) is 2.26. The van der Waals surface area contributed by atoms with E-state index in [1.165, 1.54) is 31.4 Å². The Morgan fingerprint density at radius 2 is 2.10 bits per heavy atom. The lowest BCUT2D eigenvalue weighted by Gasteiger charge is -2.16. The fourth-order valence-corrected chi connectivity index (χ4v) is 1.93. The zero-order chi connectivity index (χ0) is 14.5. The Balaban J connectivity index is 2.20. The van der Waals surface area contributed by atoms with Crippen molar-refractivity contribution in [2.45, 2.75) is 0 Å². The Hall–Kier alpha value is -2.62. The van der Waals surface area contributed by atoms with Crippen LogP contribution in [0.1, 0.15) is 5.56 Å². The Morgan fingerprint density at radius 3 is 2.80 bits per heavy atom. The van der Waals surface area contributed by atoms with Gasteiger partial charge in [-0.3, -0.25) is 9.59 Å². The van der Waals surface area contributed by atoms with Crippen molar-refractivity contribution in [3.05, 3.63) is 59.9 Å². The highest BCUT2D eigenvalue weighted by molar-refractivity contribution is 6.15. The summed E-state index contributed by atoms with van der Waals surface area (Å²) in [6, 6.07) is 6.64. The van der Waals surface area contributed by atoms with E-state index in [9.17, 15) is 14.7 Å². The molecule has 1 aromatic rings. The second-order valence-electron chi connectivity index (χ2n) is 4.26. The average molecular weight is 270 g/mol. The maximum absolute atomic E-state index is 12.1. The van der Waals surface area contributed by atoms with Crippen molar-refractivity contribution < 1.29 is 19.4 Å². The number of hydrogen-bond acceptors (Lipinski definition) is 4. The molecular weight excluding hydrogens is 256 g/mol. The molecule has 1 unspecified atom stereocenters. The number of ketones is 2. The molecule has 0 amide bonds. The highest BCUT2D eigenvalue weighted by Gasteiger charge is 2.29. The quantitative estimate of drug-likeness (QED) is 0.673. The lowest BCUT2D eigenvalue weighted by Crippen LogP contribution is -2.25. The summed E-state index contributed by atoms with van der Waals surface area (Å²) in [5, 5.41) is 9.61. The van der Waals surface area contributed by atoms with Gasteiger partial charge in [-0.15, -0.1) is 0 Å². The molecule has 0 heterocycles. The van der Waals surface area contributed by atoms with E-state index in [2.05, 4.69) is 0 Å². The number of allylic oxidation sites excluding steroid dienone is 5. The van der Waals surface area contributed by atoms with Gasteiger partial charge in [0.05, 0.1) is 7.11 Å². The summed E-state index contributed by atoms with van der Waals surface area (Å²) >= 11 is 0. The van der Waals surface area contributed by atoms with Crippen LogP contribution in [0.25, 0.3) is 6.08 Å². The number of benzene rings is 1. The summed E-state index contributed by atoms with van der Waals surface area (Å²) < 4.78 is 5.06. The number of ether oxygens (including phenoxy) is 1. The minimum Gasteiger partial charge on any atom is -0.507 e. The van der Waals surface area contributed by atoms with Gasteiger partial charge in [0.1, 0.15) is 17.4 Å². The number of phenols is 1. The number of carbonyl (C=O) groups is 2. The molecule has 1 aromatic carbocycles. The summed E-state index contributed by atoms with van der Waals surface area (Å²) in [7, 11) is 1.42. The van der Waals surface area contributed by atoms with Crippen LogP contribution < -0.4 is 0 Å². The van der Waals surface area contributed by atoms with E-state index in [0.717, 1.165) is 0 Å². The SMILES string of the molecule is COC1=CC=CC(=O)C1C(=O)/C=C/c1ccccc1O. The molecule has 4 nitrogen and oxygen atoms in total. The van der Waals surface area contributed by atoms with Gasteiger partial charge in [0, 0.05) is 5.56 Å². The highest BCUT2D eigenvalue weighted by Crippen LogP contribution is 2.22. The first kappa shape index (κ1) is 13.8. The van der Waals surface area contributed by atoms with Crippen LogP contribution in [-0.2, 0) is 14.3 Å². The number of para-hydroxylation sites is 1. The van der Waals surface area contributed by atoms with E-state index in [1.54, 1.807) is 30.4 Å².